The maximum absolute atomic E-state index is 12.8. The zero-order valence-corrected chi connectivity index (χ0v) is 18.1. The number of fused-ring (bicyclic) bond motifs is 3. The van der Waals surface area contributed by atoms with Crippen molar-refractivity contribution in [2.75, 3.05) is 40.0 Å². The molecule has 32 heavy (non-hydrogen) atoms. The van der Waals surface area contributed by atoms with Gasteiger partial charge in [-0.1, -0.05) is 18.2 Å². The van der Waals surface area contributed by atoms with Crippen LogP contribution in [-0.4, -0.2) is 61.5 Å². The van der Waals surface area contributed by atoms with E-state index in [1.165, 1.54) is 0 Å². The van der Waals surface area contributed by atoms with Crippen molar-refractivity contribution in [1.82, 2.24) is 9.80 Å². The second-order valence-electron chi connectivity index (χ2n) is 8.39. The number of para-hydroxylation sites is 1. The normalized spacial score (nSPS) is 15.5. The number of furan rings is 1. The smallest absolute Gasteiger partial charge is 0.294 e. The number of ketones is 1. The van der Waals surface area contributed by atoms with Crippen molar-refractivity contribution in [1.29, 1.82) is 0 Å². The molecule has 0 spiro atoms. The summed E-state index contributed by atoms with van der Waals surface area (Å²) in [5, 5.41) is 1.12. The van der Waals surface area contributed by atoms with E-state index in [0.29, 0.717) is 36.6 Å². The Balaban J connectivity index is 1.13. The van der Waals surface area contributed by atoms with Gasteiger partial charge < -0.3 is 23.7 Å². The highest BCUT2D eigenvalue weighted by molar-refractivity contribution is 6.43. The predicted octanol–water partition coefficient (Wildman–Crippen LogP) is 3.29. The zero-order valence-electron chi connectivity index (χ0n) is 18.1. The van der Waals surface area contributed by atoms with E-state index in [1.54, 1.807) is 11.0 Å². The standard InChI is InChI=1S/C25H26N2O5/c1-26(11-8-19-13-18-5-2-3-6-21(18)32-19)9-4-10-27-12-7-17-14-22-23(31-16-30-22)15-20(17)24(28)25(27)29/h2-3,5-6,13-15H,4,7-12,16H2,1H3. The Morgan fingerprint density at radius 3 is 2.69 bits per heavy atom. The van der Waals surface area contributed by atoms with Crippen LogP contribution in [0.2, 0.25) is 0 Å². The number of carbonyl (C=O) groups excluding carboxylic acids is 2. The first-order valence-corrected chi connectivity index (χ1v) is 11.0. The molecule has 5 rings (SSSR count). The molecule has 0 N–H and O–H groups in total. The summed E-state index contributed by atoms with van der Waals surface area (Å²) in [4.78, 5) is 29.4. The fourth-order valence-electron chi connectivity index (χ4n) is 4.34. The summed E-state index contributed by atoms with van der Waals surface area (Å²) in [6.45, 7) is 2.93. The molecule has 0 saturated carbocycles. The van der Waals surface area contributed by atoms with E-state index in [0.717, 1.165) is 48.2 Å². The molecular weight excluding hydrogens is 408 g/mol. The van der Waals surface area contributed by atoms with Crippen molar-refractivity contribution < 1.29 is 23.5 Å². The van der Waals surface area contributed by atoms with E-state index in [1.807, 2.05) is 24.3 Å². The summed E-state index contributed by atoms with van der Waals surface area (Å²) in [7, 11) is 2.06. The van der Waals surface area contributed by atoms with Crippen molar-refractivity contribution in [3.63, 3.8) is 0 Å². The first-order chi connectivity index (χ1) is 15.6. The van der Waals surface area contributed by atoms with Gasteiger partial charge in [-0.3, -0.25) is 9.59 Å². The number of nitrogens with zero attached hydrogens (tertiary/aromatic N) is 2. The summed E-state index contributed by atoms with van der Waals surface area (Å²) >= 11 is 0. The minimum Gasteiger partial charge on any atom is -0.461 e. The van der Waals surface area contributed by atoms with E-state index < -0.39 is 11.7 Å². The summed E-state index contributed by atoms with van der Waals surface area (Å²) < 4.78 is 16.7. The van der Waals surface area contributed by atoms with Crippen molar-refractivity contribution in [3.05, 3.63) is 59.4 Å². The number of hydrogen-bond acceptors (Lipinski definition) is 6. The molecule has 0 bridgehead atoms. The highest BCUT2D eigenvalue weighted by Crippen LogP contribution is 2.36. The molecule has 0 aliphatic carbocycles. The topological polar surface area (TPSA) is 72.2 Å². The van der Waals surface area contributed by atoms with Crippen molar-refractivity contribution >= 4 is 22.7 Å². The average Bonchev–Trinajstić information content (AvgIpc) is 3.41. The first-order valence-electron chi connectivity index (χ1n) is 11.0. The second kappa shape index (κ2) is 8.67. The molecule has 0 unspecified atom stereocenters. The quantitative estimate of drug-likeness (QED) is 0.532. The number of hydrogen-bond donors (Lipinski definition) is 0. The van der Waals surface area contributed by atoms with E-state index >= 15 is 0 Å². The molecule has 7 nitrogen and oxygen atoms in total. The Kier molecular flexibility index (Phi) is 5.57. The lowest BCUT2D eigenvalue weighted by atomic mass is 10.0. The molecule has 3 aromatic rings. The number of Topliss-reactive ketones (excluding diaryl/α,β-unsaturated/α-hetero) is 1. The minimum atomic E-state index is -0.464. The Hall–Kier alpha value is -3.32. The third-order valence-electron chi connectivity index (χ3n) is 6.16. The van der Waals surface area contributed by atoms with Crippen LogP contribution < -0.4 is 9.47 Å². The lowest BCUT2D eigenvalue weighted by molar-refractivity contribution is -0.126. The van der Waals surface area contributed by atoms with Gasteiger partial charge in [-0.05, 0) is 56.3 Å². The first kappa shape index (κ1) is 20.6. The lowest BCUT2D eigenvalue weighted by Crippen LogP contribution is -2.38. The zero-order chi connectivity index (χ0) is 22.1. The number of likely N-dealkylation sites (N-methyl/N-ethyl adjacent to an activating group) is 1. The summed E-state index contributed by atoms with van der Waals surface area (Å²) in [6, 6.07) is 13.6. The Bertz CT molecular complexity index is 1140. The van der Waals surface area contributed by atoms with Gasteiger partial charge in [-0.2, -0.15) is 0 Å². The van der Waals surface area contributed by atoms with Gasteiger partial charge in [0.25, 0.3) is 11.7 Å². The molecule has 0 saturated heterocycles. The van der Waals surface area contributed by atoms with Crippen molar-refractivity contribution in [3.8, 4) is 11.5 Å². The van der Waals surface area contributed by atoms with E-state index in [9.17, 15) is 9.59 Å². The van der Waals surface area contributed by atoms with Crippen LogP contribution in [0.4, 0.5) is 0 Å². The fraction of sp³-hybridized carbons (Fsp3) is 0.360. The molecule has 2 aliphatic heterocycles. The van der Waals surface area contributed by atoms with Crippen LogP contribution >= 0.6 is 0 Å². The van der Waals surface area contributed by atoms with Crippen LogP contribution in [-0.2, 0) is 17.6 Å². The third kappa shape index (κ3) is 4.08. The Morgan fingerprint density at radius 1 is 1.03 bits per heavy atom. The summed E-state index contributed by atoms with van der Waals surface area (Å²) in [5.74, 6) is 1.25. The number of rotatable bonds is 7. The van der Waals surface area contributed by atoms with Crippen LogP contribution in [0.25, 0.3) is 11.0 Å². The van der Waals surface area contributed by atoms with E-state index in [2.05, 4.69) is 24.1 Å². The molecule has 166 valence electrons. The van der Waals surface area contributed by atoms with Crippen LogP contribution in [0.5, 0.6) is 11.5 Å². The highest BCUT2D eigenvalue weighted by atomic mass is 16.7. The Labute approximate surface area is 186 Å². The van der Waals surface area contributed by atoms with Gasteiger partial charge in [0, 0.05) is 37.0 Å². The predicted molar refractivity (Wildman–Crippen MR) is 119 cm³/mol. The average molecular weight is 434 g/mol. The van der Waals surface area contributed by atoms with Gasteiger partial charge in [0.05, 0.1) is 0 Å². The molecule has 0 atom stereocenters. The van der Waals surface area contributed by atoms with Crippen LogP contribution in [0, 0.1) is 0 Å². The molecule has 2 aliphatic rings. The molecule has 0 fully saturated rings. The van der Waals surface area contributed by atoms with E-state index in [-0.39, 0.29) is 6.79 Å². The second-order valence-corrected chi connectivity index (χ2v) is 8.39. The maximum Gasteiger partial charge on any atom is 0.294 e. The molecule has 2 aromatic carbocycles. The Morgan fingerprint density at radius 2 is 1.84 bits per heavy atom. The minimum absolute atomic E-state index is 0.149. The lowest BCUT2D eigenvalue weighted by Gasteiger charge is -2.22. The molecular formula is C25H26N2O5. The van der Waals surface area contributed by atoms with Crippen LogP contribution in [0.1, 0.15) is 28.1 Å². The molecule has 1 aromatic heterocycles. The van der Waals surface area contributed by atoms with Crippen molar-refractivity contribution in [2.45, 2.75) is 19.3 Å². The number of ether oxygens (including phenoxy) is 2. The number of carbonyl (C=O) groups is 2. The molecule has 3 heterocycles. The van der Waals surface area contributed by atoms with Gasteiger partial charge in [-0.25, -0.2) is 0 Å². The van der Waals surface area contributed by atoms with Crippen LogP contribution in [0.15, 0.2) is 46.9 Å². The van der Waals surface area contributed by atoms with Crippen molar-refractivity contribution in [2.24, 2.45) is 0 Å². The van der Waals surface area contributed by atoms with Gasteiger partial charge in [-0.15, -0.1) is 0 Å². The molecule has 1 amide bonds. The largest absolute Gasteiger partial charge is 0.461 e. The SMILES string of the molecule is CN(CCCN1CCc2cc3c(cc2C(=O)C1=O)OCO3)CCc1cc2ccccc2o1. The van der Waals surface area contributed by atoms with Gasteiger partial charge in [0.2, 0.25) is 6.79 Å². The number of benzene rings is 2. The van der Waals surface area contributed by atoms with Gasteiger partial charge >= 0.3 is 0 Å². The van der Waals surface area contributed by atoms with Gasteiger partial charge in [0.1, 0.15) is 11.3 Å². The number of amides is 1. The maximum atomic E-state index is 12.8. The molecule has 0 radical (unpaired) electrons. The van der Waals surface area contributed by atoms with Gasteiger partial charge in [0.15, 0.2) is 11.5 Å². The monoisotopic (exact) mass is 434 g/mol. The third-order valence-corrected chi connectivity index (χ3v) is 6.16. The summed E-state index contributed by atoms with van der Waals surface area (Å²) in [6.07, 6.45) is 2.26. The highest BCUT2D eigenvalue weighted by Gasteiger charge is 2.31. The summed E-state index contributed by atoms with van der Waals surface area (Å²) in [5.41, 5.74) is 2.20. The van der Waals surface area contributed by atoms with Crippen LogP contribution in [0.3, 0.4) is 0 Å². The molecule has 7 heteroatoms. The fourth-order valence-corrected chi connectivity index (χ4v) is 4.34. The van der Waals surface area contributed by atoms with E-state index in [4.69, 9.17) is 13.9 Å².